The highest BCUT2D eigenvalue weighted by Crippen LogP contribution is 2.20. The molecule has 0 saturated heterocycles. The summed E-state index contributed by atoms with van der Waals surface area (Å²) in [6.07, 6.45) is 0.421. The zero-order valence-corrected chi connectivity index (χ0v) is 9.95. The number of hydrogen-bond donors (Lipinski definition) is 4. The SMILES string of the molecule is O=C(O)c1ccc2c(NCC(O)CO)ncnc2c1. The van der Waals surface area contributed by atoms with E-state index in [1.165, 1.54) is 18.5 Å². The molecule has 2 rings (SSSR count). The van der Waals surface area contributed by atoms with E-state index >= 15 is 0 Å². The molecule has 4 N–H and O–H groups in total. The molecule has 0 amide bonds. The van der Waals surface area contributed by atoms with E-state index in [4.69, 9.17) is 10.2 Å². The molecular weight excluding hydrogens is 250 g/mol. The fourth-order valence-electron chi connectivity index (χ4n) is 1.61. The summed E-state index contributed by atoms with van der Waals surface area (Å²) < 4.78 is 0. The number of carboxylic acids is 1. The molecule has 0 saturated carbocycles. The Hall–Kier alpha value is -2.25. The third-order valence-corrected chi connectivity index (χ3v) is 2.60. The molecule has 0 aliphatic rings. The minimum atomic E-state index is -1.02. The van der Waals surface area contributed by atoms with Crippen molar-refractivity contribution in [2.24, 2.45) is 0 Å². The first kappa shape index (κ1) is 13.2. The lowest BCUT2D eigenvalue weighted by Gasteiger charge is -2.11. The van der Waals surface area contributed by atoms with E-state index in [0.29, 0.717) is 16.7 Å². The van der Waals surface area contributed by atoms with Crippen LogP contribution in [0.1, 0.15) is 10.4 Å². The normalized spacial score (nSPS) is 12.3. The first-order chi connectivity index (χ1) is 9.11. The Balaban J connectivity index is 2.32. The van der Waals surface area contributed by atoms with Gasteiger partial charge in [-0.05, 0) is 18.2 Å². The molecule has 0 radical (unpaired) electrons. The molecule has 19 heavy (non-hydrogen) atoms. The van der Waals surface area contributed by atoms with Crippen LogP contribution < -0.4 is 5.32 Å². The van der Waals surface area contributed by atoms with Crippen LogP contribution in [-0.4, -0.2) is 50.5 Å². The van der Waals surface area contributed by atoms with Crippen molar-refractivity contribution in [3.63, 3.8) is 0 Å². The number of aliphatic hydroxyl groups excluding tert-OH is 2. The third kappa shape index (κ3) is 2.95. The lowest BCUT2D eigenvalue weighted by Crippen LogP contribution is -2.23. The first-order valence-corrected chi connectivity index (χ1v) is 5.62. The lowest BCUT2D eigenvalue weighted by atomic mass is 10.1. The van der Waals surface area contributed by atoms with E-state index in [1.807, 2.05) is 0 Å². The number of nitrogens with zero attached hydrogens (tertiary/aromatic N) is 2. The maximum Gasteiger partial charge on any atom is 0.335 e. The Morgan fingerprint density at radius 1 is 1.37 bits per heavy atom. The van der Waals surface area contributed by atoms with E-state index in [2.05, 4.69) is 15.3 Å². The number of aromatic carboxylic acids is 1. The first-order valence-electron chi connectivity index (χ1n) is 5.62. The van der Waals surface area contributed by atoms with Gasteiger partial charge in [-0.25, -0.2) is 14.8 Å². The average molecular weight is 263 g/mol. The van der Waals surface area contributed by atoms with Crippen molar-refractivity contribution in [3.05, 3.63) is 30.1 Å². The third-order valence-electron chi connectivity index (χ3n) is 2.60. The summed E-state index contributed by atoms with van der Waals surface area (Å²) in [5.74, 6) is -0.542. The summed E-state index contributed by atoms with van der Waals surface area (Å²) in [6, 6.07) is 4.52. The predicted octanol–water partition coefficient (Wildman–Crippen LogP) is 0.0931. The van der Waals surface area contributed by atoms with Crippen molar-refractivity contribution in [3.8, 4) is 0 Å². The summed E-state index contributed by atoms with van der Waals surface area (Å²) in [4.78, 5) is 18.9. The molecule has 0 bridgehead atoms. The molecule has 0 spiro atoms. The van der Waals surface area contributed by atoms with Crippen LogP contribution >= 0.6 is 0 Å². The van der Waals surface area contributed by atoms with Crippen molar-refractivity contribution < 1.29 is 20.1 Å². The monoisotopic (exact) mass is 263 g/mol. The van der Waals surface area contributed by atoms with Gasteiger partial charge in [0.1, 0.15) is 12.1 Å². The van der Waals surface area contributed by atoms with Gasteiger partial charge in [-0.15, -0.1) is 0 Å². The lowest BCUT2D eigenvalue weighted by molar-refractivity contribution is 0.0697. The number of aliphatic hydroxyl groups is 2. The summed E-state index contributed by atoms with van der Waals surface area (Å²) >= 11 is 0. The molecule has 1 aromatic carbocycles. The number of nitrogens with one attached hydrogen (secondary N) is 1. The van der Waals surface area contributed by atoms with Crippen molar-refractivity contribution in [1.29, 1.82) is 0 Å². The van der Waals surface area contributed by atoms with Crippen molar-refractivity contribution in [1.82, 2.24) is 9.97 Å². The van der Waals surface area contributed by atoms with E-state index in [1.54, 1.807) is 6.07 Å². The van der Waals surface area contributed by atoms with Gasteiger partial charge < -0.3 is 20.6 Å². The Labute approximate surface area is 108 Å². The smallest absolute Gasteiger partial charge is 0.335 e. The van der Waals surface area contributed by atoms with Crippen LogP contribution in [-0.2, 0) is 0 Å². The number of rotatable bonds is 5. The second kappa shape index (κ2) is 5.59. The second-order valence-electron chi connectivity index (χ2n) is 3.98. The average Bonchev–Trinajstić information content (AvgIpc) is 2.43. The Kier molecular flexibility index (Phi) is 3.88. The maximum atomic E-state index is 10.9. The number of anilines is 1. The number of aromatic nitrogens is 2. The van der Waals surface area contributed by atoms with E-state index in [9.17, 15) is 9.90 Å². The molecule has 1 atom stereocenters. The van der Waals surface area contributed by atoms with Crippen LogP contribution in [0.2, 0.25) is 0 Å². The van der Waals surface area contributed by atoms with Gasteiger partial charge in [-0.3, -0.25) is 0 Å². The number of fused-ring (bicyclic) bond motifs is 1. The number of hydrogen-bond acceptors (Lipinski definition) is 6. The van der Waals surface area contributed by atoms with Crippen molar-refractivity contribution in [2.75, 3.05) is 18.5 Å². The van der Waals surface area contributed by atoms with Crippen LogP contribution in [0.5, 0.6) is 0 Å². The molecule has 1 aromatic heterocycles. The number of carbonyl (C=O) groups is 1. The second-order valence-corrected chi connectivity index (χ2v) is 3.98. The van der Waals surface area contributed by atoms with Gasteiger partial charge >= 0.3 is 5.97 Å². The standard InChI is InChI=1S/C12H13N3O4/c16-5-8(17)4-13-11-9-2-1-7(12(18)19)3-10(9)14-6-15-11/h1-3,6,8,16-17H,4-5H2,(H,18,19)(H,13,14,15). The highest BCUT2D eigenvalue weighted by atomic mass is 16.4. The van der Waals surface area contributed by atoms with Crippen LogP contribution in [0.25, 0.3) is 10.9 Å². The molecule has 0 aliphatic heterocycles. The molecular formula is C12H13N3O4. The van der Waals surface area contributed by atoms with Gasteiger partial charge in [0.2, 0.25) is 0 Å². The molecule has 2 aromatic rings. The van der Waals surface area contributed by atoms with Crippen LogP contribution in [0, 0.1) is 0 Å². The van der Waals surface area contributed by atoms with Crippen molar-refractivity contribution in [2.45, 2.75) is 6.10 Å². The molecule has 7 nitrogen and oxygen atoms in total. The zero-order chi connectivity index (χ0) is 13.8. The maximum absolute atomic E-state index is 10.9. The summed E-state index contributed by atoms with van der Waals surface area (Å²) in [5, 5.41) is 30.4. The van der Waals surface area contributed by atoms with Crippen LogP contribution in [0.3, 0.4) is 0 Å². The van der Waals surface area contributed by atoms with E-state index in [-0.39, 0.29) is 18.7 Å². The molecule has 7 heteroatoms. The predicted molar refractivity (Wildman–Crippen MR) is 68.1 cm³/mol. The fraction of sp³-hybridized carbons (Fsp3) is 0.250. The molecule has 0 fully saturated rings. The number of benzene rings is 1. The summed E-state index contributed by atoms with van der Waals surface area (Å²) in [7, 11) is 0. The topological polar surface area (TPSA) is 116 Å². The molecule has 1 unspecified atom stereocenters. The molecule has 0 aliphatic carbocycles. The highest BCUT2D eigenvalue weighted by Gasteiger charge is 2.09. The van der Waals surface area contributed by atoms with E-state index in [0.717, 1.165) is 0 Å². The largest absolute Gasteiger partial charge is 0.478 e. The minimum Gasteiger partial charge on any atom is -0.478 e. The van der Waals surface area contributed by atoms with Crippen molar-refractivity contribution >= 4 is 22.7 Å². The summed E-state index contributed by atoms with van der Waals surface area (Å²) in [5.41, 5.74) is 0.642. The zero-order valence-electron chi connectivity index (χ0n) is 9.95. The van der Waals surface area contributed by atoms with Crippen LogP contribution in [0.4, 0.5) is 5.82 Å². The Morgan fingerprint density at radius 2 is 2.16 bits per heavy atom. The van der Waals surface area contributed by atoms with Gasteiger partial charge in [0.15, 0.2) is 0 Å². The quantitative estimate of drug-likeness (QED) is 0.604. The minimum absolute atomic E-state index is 0.142. The summed E-state index contributed by atoms with van der Waals surface area (Å²) in [6.45, 7) is -0.206. The van der Waals surface area contributed by atoms with Gasteiger partial charge in [0.25, 0.3) is 0 Å². The van der Waals surface area contributed by atoms with Gasteiger partial charge in [-0.2, -0.15) is 0 Å². The van der Waals surface area contributed by atoms with Gasteiger partial charge in [-0.1, -0.05) is 0 Å². The Bertz CT molecular complexity index is 603. The molecule has 100 valence electrons. The van der Waals surface area contributed by atoms with Gasteiger partial charge in [0, 0.05) is 11.9 Å². The van der Waals surface area contributed by atoms with Crippen LogP contribution in [0.15, 0.2) is 24.5 Å². The van der Waals surface area contributed by atoms with E-state index < -0.39 is 12.1 Å². The number of carboxylic acid groups (broad SMARTS) is 1. The molecule has 1 heterocycles. The van der Waals surface area contributed by atoms with Gasteiger partial charge in [0.05, 0.1) is 23.8 Å². The fourth-order valence-corrected chi connectivity index (χ4v) is 1.61. The Morgan fingerprint density at radius 3 is 2.84 bits per heavy atom. The highest BCUT2D eigenvalue weighted by molar-refractivity contribution is 5.96.